The molecule has 2 saturated heterocycles. The van der Waals surface area contributed by atoms with Crippen LogP contribution in [0.15, 0.2) is 42.5 Å². The molecular formula is C23H26FN3O3. The Bertz CT molecular complexity index is 937. The summed E-state index contributed by atoms with van der Waals surface area (Å²) in [5, 5.41) is 2.74. The van der Waals surface area contributed by atoms with Crippen molar-refractivity contribution in [2.75, 3.05) is 34.8 Å². The Morgan fingerprint density at radius 3 is 2.40 bits per heavy atom. The van der Waals surface area contributed by atoms with Crippen molar-refractivity contribution in [3.63, 3.8) is 0 Å². The number of benzene rings is 2. The molecular weight excluding hydrogens is 385 g/mol. The summed E-state index contributed by atoms with van der Waals surface area (Å²) in [7, 11) is 0. The number of nitrogens with one attached hydrogen (secondary N) is 1. The van der Waals surface area contributed by atoms with E-state index in [9.17, 15) is 14.0 Å². The summed E-state index contributed by atoms with van der Waals surface area (Å²) in [5.74, 6) is -0.598. The quantitative estimate of drug-likeness (QED) is 0.831. The van der Waals surface area contributed by atoms with Gasteiger partial charge in [0.05, 0.1) is 17.9 Å². The molecule has 0 aliphatic carbocycles. The van der Waals surface area contributed by atoms with Crippen LogP contribution in [0.25, 0.3) is 0 Å². The minimum atomic E-state index is -0.378. The summed E-state index contributed by atoms with van der Waals surface area (Å²) < 4.78 is 20.4. The molecule has 2 amide bonds. The van der Waals surface area contributed by atoms with E-state index in [1.807, 2.05) is 18.7 Å². The second kappa shape index (κ2) is 8.44. The number of hydrogen-bond donors (Lipinski definition) is 1. The van der Waals surface area contributed by atoms with Gasteiger partial charge in [0.2, 0.25) is 5.91 Å². The predicted octanol–water partition coefficient (Wildman–Crippen LogP) is 3.82. The highest BCUT2D eigenvalue weighted by molar-refractivity contribution is 6.05. The molecule has 6 nitrogen and oxygen atoms in total. The Balaban J connectivity index is 1.43. The first-order valence-electron chi connectivity index (χ1n) is 10.3. The van der Waals surface area contributed by atoms with Gasteiger partial charge >= 0.3 is 0 Å². The largest absolute Gasteiger partial charge is 0.372 e. The zero-order valence-electron chi connectivity index (χ0n) is 17.2. The number of morpholine rings is 1. The van der Waals surface area contributed by atoms with Crippen LogP contribution < -0.4 is 15.1 Å². The maximum atomic E-state index is 14.7. The number of rotatable bonds is 4. The minimum absolute atomic E-state index is 0.0337. The number of carbonyl (C=O) groups excluding carboxylic acids is 2. The summed E-state index contributed by atoms with van der Waals surface area (Å²) >= 11 is 0. The lowest BCUT2D eigenvalue weighted by molar-refractivity contribution is -0.117. The highest BCUT2D eigenvalue weighted by atomic mass is 19.1. The van der Waals surface area contributed by atoms with Crippen LogP contribution in [0, 0.1) is 5.82 Å². The molecule has 0 aromatic heterocycles. The average molecular weight is 411 g/mol. The predicted molar refractivity (Wildman–Crippen MR) is 115 cm³/mol. The minimum Gasteiger partial charge on any atom is -0.372 e. The van der Waals surface area contributed by atoms with Crippen LogP contribution in [-0.2, 0) is 9.53 Å². The lowest BCUT2D eigenvalue weighted by Crippen LogP contribution is -2.45. The van der Waals surface area contributed by atoms with Crippen molar-refractivity contribution < 1.29 is 18.7 Å². The highest BCUT2D eigenvalue weighted by Gasteiger charge is 2.25. The molecule has 2 aromatic carbocycles. The maximum Gasteiger partial charge on any atom is 0.255 e. The van der Waals surface area contributed by atoms with Gasteiger partial charge in [-0.2, -0.15) is 0 Å². The van der Waals surface area contributed by atoms with Gasteiger partial charge in [-0.1, -0.05) is 0 Å². The van der Waals surface area contributed by atoms with Crippen LogP contribution in [0.1, 0.15) is 37.0 Å². The first kappa shape index (κ1) is 20.3. The third-order valence-corrected chi connectivity index (χ3v) is 5.48. The van der Waals surface area contributed by atoms with Crippen molar-refractivity contribution in [1.82, 2.24) is 0 Å². The van der Waals surface area contributed by atoms with Gasteiger partial charge in [0, 0.05) is 43.0 Å². The molecule has 2 aromatic rings. The molecule has 2 heterocycles. The Hall–Kier alpha value is -2.93. The fraction of sp³-hybridized carbons (Fsp3) is 0.391. The number of hydrogen-bond acceptors (Lipinski definition) is 4. The summed E-state index contributed by atoms with van der Waals surface area (Å²) in [6.45, 7) is 5.90. The Labute approximate surface area is 175 Å². The van der Waals surface area contributed by atoms with E-state index in [4.69, 9.17) is 4.74 Å². The molecule has 0 saturated carbocycles. The first-order valence-corrected chi connectivity index (χ1v) is 10.3. The average Bonchev–Trinajstić information content (AvgIpc) is 3.13. The zero-order chi connectivity index (χ0) is 21.3. The molecule has 2 aliphatic rings. The Morgan fingerprint density at radius 2 is 1.80 bits per heavy atom. The monoisotopic (exact) mass is 411 g/mol. The number of anilines is 3. The van der Waals surface area contributed by atoms with E-state index in [1.165, 1.54) is 6.07 Å². The van der Waals surface area contributed by atoms with Gasteiger partial charge in [-0.25, -0.2) is 4.39 Å². The SMILES string of the molecule is CC1CN(c2ccc(NC(=O)c3ccc(N4CCCC4=O)cc3)cc2F)CC(C)O1. The molecule has 2 atom stereocenters. The van der Waals surface area contributed by atoms with Gasteiger partial charge in [0.1, 0.15) is 5.82 Å². The molecule has 158 valence electrons. The second-order valence-electron chi connectivity index (χ2n) is 7.98. The molecule has 2 fully saturated rings. The normalized spacial score (nSPS) is 21.8. The van der Waals surface area contributed by atoms with Gasteiger partial charge in [-0.3, -0.25) is 9.59 Å². The number of nitrogens with zero attached hydrogens (tertiary/aromatic N) is 2. The van der Waals surface area contributed by atoms with Crippen LogP contribution in [0.4, 0.5) is 21.5 Å². The molecule has 2 unspecified atom stereocenters. The number of amides is 2. The van der Waals surface area contributed by atoms with Crippen LogP contribution >= 0.6 is 0 Å². The van der Waals surface area contributed by atoms with Gasteiger partial charge in [0.15, 0.2) is 0 Å². The van der Waals surface area contributed by atoms with Crippen molar-refractivity contribution in [2.24, 2.45) is 0 Å². The lowest BCUT2D eigenvalue weighted by Gasteiger charge is -2.37. The van der Waals surface area contributed by atoms with Gasteiger partial charge in [-0.15, -0.1) is 0 Å². The molecule has 30 heavy (non-hydrogen) atoms. The van der Waals surface area contributed by atoms with Crippen molar-refractivity contribution in [2.45, 2.75) is 38.9 Å². The molecule has 0 radical (unpaired) electrons. The van der Waals surface area contributed by atoms with Crippen molar-refractivity contribution in [3.05, 3.63) is 53.8 Å². The third-order valence-electron chi connectivity index (χ3n) is 5.48. The first-order chi connectivity index (χ1) is 14.4. The molecule has 7 heteroatoms. The van der Waals surface area contributed by atoms with Crippen LogP contribution in [0.3, 0.4) is 0 Å². The number of halogens is 1. The fourth-order valence-corrected chi connectivity index (χ4v) is 4.13. The molecule has 1 N–H and O–H groups in total. The number of ether oxygens (including phenoxy) is 1. The Kier molecular flexibility index (Phi) is 5.72. The number of carbonyl (C=O) groups is 2. The lowest BCUT2D eigenvalue weighted by atomic mass is 10.1. The van der Waals surface area contributed by atoms with Crippen molar-refractivity contribution in [3.8, 4) is 0 Å². The van der Waals surface area contributed by atoms with E-state index < -0.39 is 0 Å². The highest BCUT2D eigenvalue weighted by Crippen LogP contribution is 2.27. The van der Waals surface area contributed by atoms with Crippen molar-refractivity contribution in [1.29, 1.82) is 0 Å². The van der Waals surface area contributed by atoms with Crippen LogP contribution in [-0.4, -0.2) is 43.7 Å². The van der Waals surface area contributed by atoms with E-state index in [-0.39, 0.29) is 29.8 Å². The van der Waals surface area contributed by atoms with Crippen LogP contribution in [0.5, 0.6) is 0 Å². The molecule has 0 bridgehead atoms. The molecule has 2 aliphatic heterocycles. The Morgan fingerprint density at radius 1 is 1.10 bits per heavy atom. The zero-order valence-corrected chi connectivity index (χ0v) is 17.2. The smallest absolute Gasteiger partial charge is 0.255 e. The summed E-state index contributed by atoms with van der Waals surface area (Å²) in [5.41, 5.74) is 2.15. The van der Waals surface area contributed by atoms with E-state index in [1.54, 1.807) is 41.3 Å². The van der Waals surface area contributed by atoms with E-state index in [0.29, 0.717) is 43.0 Å². The van der Waals surface area contributed by atoms with E-state index in [0.717, 1.165) is 12.1 Å². The summed E-state index contributed by atoms with van der Waals surface area (Å²) in [6, 6.07) is 11.6. The van der Waals surface area contributed by atoms with E-state index in [2.05, 4.69) is 5.32 Å². The van der Waals surface area contributed by atoms with E-state index >= 15 is 0 Å². The topological polar surface area (TPSA) is 61.9 Å². The summed E-state index contributed by atoms with van der Waals surface area (Å²) in [4.78, 5) is 28.1. The maximum absolute atomic E-state index is 14.7. The van der Waals surface area contributed by atoms with Gasteiger partial charge in [0.25, 0.3) is 5.91 Å². The van der Waals surface area contributed by atoms with Crippen molar-refractivity contribution >= 4 is 28.9 Å². The molecule has 0 spiro atoms. The fourth-order valence-electron chi connectivity index (χ4n) is 4.13. The van der Waals surface area contributed by atoms with Gasteiger partial charge < -0.3 is 19.9 Å². The summed E-state index contributed by atoms with van der Waals surface area (Å²) in [6.07, 6.45) is 1.48. The second-order valence-corrected chi connectivity index (χ2v) is 7.98. The van der Waals surface area contributed by atoms with Crippen LogP contribution in [0.2, 0.25) is 0 Å². The standard InChI is InChI=1S/C23H26FN3O3/c1-15-13-26(14-16(2)30-15)21-10-7-18(12-20(21)24)25-23(29)17-5-8-19(9-6-17)27-11-3-4-22(27)28/h5-10,12,15-16H,3-4,11,13-14H2,1-2H3,(H,25,29). The third kappa shape index (κ3) is 4.31. The van der Waals surface area contributed by atoms with Gasteiger partial charge in [-0.05, 0) is 62.7 Å². The molecule has 4 rings (SSSR count).